The van der Waals surface area contributed by atoms with Gasteiger partial charge >= 0.3 is 0 Å². The van der Waals surface area contributed by atoms with Gasteiger partial charge in [-0.05, 0) is 30.3 Å². The zero-order chi connectivity index (χ0) is 23.8. The number of fused-ring (bicyclic) bond motifs is 2. The first kappa shape index (κ1) is 20.7. The minimum absolute atomic E-state index is 0.0429. The van der Waals surface area contributed by atoms with Crippen molar-refractivity contribution in [2.24, 2.45) is 0 Å². The summed E-state index contributed by atoms with van der Waals surface area (Å²) < 4.78 is 22.4. The van der Waals surface area contributed by atoms with Crippen LogP contribution in [-0.4, -0.2) is 30.1 Å². The number of ketones is 1. The van der Waals surface area contributed by atoms with E-state index in [9.17, 15) is 9.59 Å². The van der Waals surface area contributed by atoms with Crippen molar-refractivity contribution in [2.45, 2.75) is 0 Å². The van der Waals surface area contributed by atoms with Gasteiger partial charge in [-0.25, -0.2) is 0 Å². The third-order valence-corrected chi connectivity index (χ3v) is 5.65. The number of para-hydroxylation sites is 1. The molecule has 0 fully saturated rings. The lowest BCUT2D eigenvalue weighted by Crippen LogP contribution is -2.15. The van der Waals surface area contributed by atoms with Gasteiger partial charge in [0, 0.05) is 22.6 Å². The summed E-state index contributed by atoms with van der Waals surface area (Å²) >= 11 is 0. The highest BCUT2D eigenvalue weighted by atomic mass is 16.6. The highest BCUT2D eigenvalue weighted by molar-refractivity contribution is 6.18. The van der Waals surface area contributed by atoms with Gasteiger partial charge in [0.2, 0.25) is 5.78 Å². The lowest BCUT2D eigenvalue weighted by Gasteiger charge is -2.18. The Bertz CT molecular complexity index is 1570. The van der Waals surface area contributed by atoms with Crippen LogP contribution in [-0.2, 0) is 0 Å². The van der Waals surface area contributed by atoms with Crippen molar-refractivity contribution >= 4 is 28.3 Å². The number of carbonyl (C=O) groups excluding carboxylic acids is 2. The third kappa shape index (κ3) is 3.80. The fraction of sp³-hybridized carbons (Fsp3) is 0.0741. The zero-order valence-corrected chi connectivity index (χ0v) is 18.3. The van der Waals surface area contributed by atoms with Gasteiger partial charge in [0.05, 0.1) is 5.69 Å². The summed E-state index contributed by atoms with van der Waals surface area (Å²) in [5, 5.41) is 7.32. The molecule has 1 amide bonds. The van der Waals surface area contributed by atoms with Crippen molar-refractivity contribution in [1.82, 2.24) is 5.16 Å². The van der Waals surface area contributed by atoms with Crippen LogP contribution in [0, 0.1) is 0 Å². The van der Waals surface area contributed by atoms with Gasteiger partial charge < -0.3 is 23.7 Å². The SMILES string of the molecule is O=C(Nc1c(C(=O)c2ccccc2)oc2ccccc12)c1cc(-c2ccc3c(c2)OCCO3)on1. The fourth-order valence-corrected chi connectivity index (χ4v) is 3.94. The molecule has 3 aromatic carbocycles. The molecule has 0 radical (unpaired) electrons. The molecule has 0 spiro atoms. The smallest absolute Gasteiger partial charge is 0.277 e. The molecule has 0 saturated carbocycles. The van der Waals surface area contributed by atoms with Crippen molar-refractivity contribution in [3.05, 3.63) is 95.9 Å². The van der Waals surface area contributed by atoms with Gasteiger partial charge in [-0.2, -0.15) is 0 Å². The number of carbonyl (C=O) groups is 2. The molecule has 8 heteroatoms. The van der Waals surface area contributed by atoms with E-state index >= 15 is 0 Å². The van der Waals surface area contributed by atoms with Crippen molar-refractivity contribution < 1.29 is 28.0 Å². The summed E-state index contributed by atoms with van der Waals surface area (Å²) in [5.74, 6) is 0.816. The summed E-state index contributed by atoms with van der Waals surface area (Å²) in [6, 6.07) is 22.7. The molecule has 35 heavy (non-hydrogen) atoms. The lowest BCUT2D eigenvalue weighted by molar-refractivity contribution is 0.101. The van der Waals surface area contributed by atoms with Crippen LogP contribution in [0.2, 0.25) is 0 Å². The Balaban J connectivity index is 1.32. The van der Waals surface area contributed by atoms with E-state index in [1.807, 2.05) is 6.07 Å². The summed E-state index contributed by atoms with van der Waals surface area (Å²) in [6.45, 7) is 0.958. The number of hydrogen-bond donors (Lipinski definition) is 1. The van der Waals surface area contributed by atoms with E-state index in [2.05, 4.69) is 10.5 Å². The van der Waals surface area contributed by atoms with Gasteiger partial charge in [0.1, 0.15) is 18.8 Å². The molecule has 0 bridgehead atoms. The number of anilines is 1. The second kappa shape index (κ2) is 8.49. The predicted octanol–water partition coefficient (Wildman–Crippen LogP) is 5.34. The Morgan fingerprint density at radius 1 is 0.829 bits per heavy atom. The number of nitrogens with zero attached hydrogens (tertiary/aromatic N) is 1. The standard InChI is InChI=1S/C27H18N2O6/c30-25(16-6-2-1-3-7-16)26-24(18-8-4-5-9-20(18)34-26)28-27(31)19-15-22(35-29-19)17-10-11-21-23(14-17)33-13-12-32-21/h1-11,14-15H,12-13H2,(H,28,31). The monoisotopic (exact) mass is 466 g/mol. The fourth-order valence-electron chi connectivity index (χ4n) is 3.94. The Kier molecular flexibility index (Phi) is 5.03. The zero-order valence-electron chi connectivity index (χ0n) is 18.3. The summed E-state index contributed by atoms with van der Waals surface area (Å²) in [6.07, 6.45) is 0. The quantitative estimate of drug-likeness (QED) is 0.349. The number of benzene rings is 3. The molecule has 1 N–H and O–H groups in total. The van der Waals surface area contributed by atoms with E-state index in [0.29, 0.717) is 52.6 Å². The minimum Gasteiger partial charge on any atom is -0.486 e. The first-order chi connectivity index (χ1) is 17.2. The number of aromatic nitrogens is 1. The van der Waals surface area contributed by atoms with Crippen LogP contribution >= 0.6 is 0 Å². The lowest BCUT2D eigenvalue weighted by atomic mass is 10.1. The van der Waals surface area contributed by atoms with Crippen molar-refractivity contribution in [3.63, 3.8) is 0 Å². The third-order valence-electron chi connectivity index (χ3n) is 5.65. The predicted molar refractivity (Wildman–Crippen MR) is 127 cm³/mol. The maximum Gasteiger partial charge on any atom is 0.277 e. The topological polar surface area (TPSA) is 104 Å². The highest BCUT2D eigenvalue weighted by Gasteiger charge is 2.25. The molecule has 0 unspecified atom stereocenters. The Hall–Kier alpha value is -4.85. The molecule has 5 aromatic rings. The molecule has 0 atom stereocenters. The van der Waals surface area contributed by atoms with E-state index in [1.165, 1.54) is 6.07 Å². The molecular formula is C27H18N2O6. The number of nitrogens with one attached hydrogen (secondary N) is 1. The first-order valence-corrected chi connectivity index (χ1v) is 11.0. The Morgan fingerprint density at radius 3 is 2.46 bits per heavy atom. The van der Waals surface area contributed by atoms with Crippen molar-refractivity contribution in [1.29, 1.82) is 0 Å². The summed E-state index contributed by atoms with van der Waals surface area (Å²) in [5.41, 5.74) is 1.96. The second-order valence-electron chi connectivity index (χ2n) is 7.89. The number of hydrogen-bond acceptors (Lipinski definition) is 7. The molecule has 0 aliphatic carbocycles. The number of ether oxygens (including phenoxy) is 2. The molecule has 6 rings (SSSR count). The van der Waals surface area contributed by atoms with Gasteiger partial charge in [0.15, 0.2) is 28.7 Å². The van der Waals surface area contributed by atoms with Gasteiger partial charge in [-0.3, -0.25) is 9.59 Å². The molecule has 172 valence electrons. The average Bonchev–Trinajstić information content (AvgIpc) is 3.54. The average molecular weight is 466 g/mol. The summed E-state index contributed by atoms with van der Waals surface area (Å²) in [4.78, 5) is 26.3. The van der Waals surface area contributed by atoms with Gasteiger partial charge in [0.25, 0.3) is 5.91 Å². The molecule has 2 aromatic heterocycles. The maximum absolute atomic E-state index is 13.2. The Labute approximate surface area is 199 Å². The van der Waals surface area contributed by atoms with Crippen molar-refractivity contribution in [2.75, 3.05) is 18.5 Å². The van der Waals surface area contributed by atoms with Gasteiger partial charge in [-0.1, -0.05) is 47.6 Å². The van der Waals surface area contributed by atoms with Crippen LogP contribution in [0.5, 0.6) is 11.5 Å². The van der Waals surface area contributed by atoms with E-state index in [1.54, 1.807) is 66.7 Å². The van der Waals surface area contributed by atoms with Crippen LogP contribution in [0.1, 0.15) is 26.6 Å². The van der Waals surface area contributed by atoms with E-state index in [0.717, 1.165) is 0 Å². The van der Waals surface area contributed by atoms with Crippen molar-refractivity contribution in [3.8, 4) is 22.8 Å². The van der Waals surface area contributed by atoms with Gasteiger partial charge in [-0.15, -0.1) is 0 Å². The van der Waals surface area contributed by atoms with Crippen LogP contribution in [0.4, 0.5) is 5.69 Å². The van der Waals surface area contributed by atoms with Crippen LogP contribution in [0.15, 0.2) is 87.8 Å². The largest absolute Gasteiger partial charge is 0.486 e. The number of furan rings is 1. The van der Waals surface area contributed by atoms with Crippen LogP contribution in [0.3, 0.4) is 0 Å². The molecular weight excluding hydrogens is 448 g/mol. The maximum atomic E-state index is 13.2. The van der Waals surface area contributed by atoms with E-state index in [4.69, 9.17) is 18.4 Å². The molecule has 1 aliphatic rings. The van der Waals surface area contributed by atoms with E-state index < -0.39 is 5.91 Å². The van der Waals surface area contributed by atoms with Crippen LogP contribution < -0.4 is 14.8 Å². The normalized spacial score (nSPS) is 12.5. The molecule has 8 nitrogen and oxygen atoms in total. The summed E-state index contributed by atoms with van der Waals surface area (Å²) in [7, 11) is 0. The molecule has 3 heterocycles. The number of amides is 1. The highest BCUT2D eigenvalue weighted by Crippen LogP contribution is 2.35. The first-order valence-electron chi connectivity index (χ1n) is 11.0. The molecule has 1 aliphatic heterocycles. The van der Waals surface area contributed by atoms with E-state index in [-0.39, 0.29) is 22.9 Å². The Morgan fingerprint density at radius 2 is 1.60 bits per heavy atom. The molecule has 0 saturated heterocycles. The number of rotatable bonds is 5. The minimum atomic E-state index is -0.536. The second-order valence-corrected chi connectivity index (χ2v) is 7.89. The van der Waals surface area contributed by atoms with Crippen LogP contribution in [0.25, 0.3) is 22.3 Å².